The molecular weight excluding hydrogens is 190 g/mol. The molecule has 0 bridgehead atoms. The van der Waals surface area contributed by atoms with E-state index in [1.165, 1.54) is 0 Å². The summed E-state index contributed by atoms with van der Waals surface area (Å²) in [5.41, 5.74) is 0. The summed E-state index contributed by atoms with van der Waals surface area (Å²) in [5, 5.41) is 0. The molecule has 0 saturated carbocycles. The molecule has 0 aromatic heterocycles. The second-order valence-electron chi connectivity index (χ2n) is 5.19. The molecule has 2 rings (SSSR count). The third-order valence-corrected chi connectivity index (χ3v) is 3.85. The van der Waals surface area contributed by atoms with Gasteiger partial charge in [0.1, 0.15) is 6.10 Å². The Hall–Kier alpha value is -0.570. The van der Waals surface area contributed by atoms with Gasteiger partial charge >= 0.3 is 0 Å². The standard InChI is InChI=1S/C12H21NO2/c1-8(2)10-7-9-5-4-6-15-11(9)12(14)13(10)3/h8-11H,4-7H2,1-3H3. The number of ether oxygens (including phenoxy) is 1. The maximum atomic E-state index is 12.1. The highest BCUT2D eigenvalue weighted by Gasteiger charge is 2.42. The van der Waals surface area contributed by atoms with Gasteiger partial charge in [0.05, 0.1) is 0 Å². The molecule has 0 aliphatic carbocycles. The van der Waals surface area contributed by atoms with E-state index in [1.807, 2.05) is 11.9 Å². The minimum absolute atomic E-state index is 0.140. The Bertz CT molecular complexity index is 252. The number of carbonyl (C=O) groups is 1. The van der Waals surface area contributed by atoms with Gasteiger partial charge in [-0.1, -0.05) is 13.8 Å². The summed E-state index contributed by atoms with van der Waals surface area (Å²) in [4.78, 5) is 14.0. The molecule has 0 spiro atoms. The third-order valence-electron chi connectivity index (χ3n) is 3.85. The molecule has 86 valence electrons. The first-order valence-corrected chi connectivity index (χ1v) is 5.99. The smallest absolute Gasteiger partial charge is 0.251 e. The van der Waals surface area contributed by atoms with Crippen LogP contribution in [0.1, 0.15) is 33.1 Å². The first-order chi connectivity index (χ1) is 7.11. The summed E-state index contributed by atoms with van der Waals surface area (Å²) in [6.45, 7) is 5.14. The topological polar surface area (TPSA) is 29.5 Å². The van der Waals surface area contributed by atoms with Crippen LogP contribution >= 0.6 is 0 Å². The number of piperidine rings is 1. The Kier molecular flexibility index (Phi) is 3.01. The van der Waals surface area contributed by atoms with E-state index in [4.69, 9.17) is 4.74 Å². The van der Waals surface area contributed by atoms with Crippen molar-refractivity contribution in [2.24, 2.45) is 11.8 Å². The average molecular weight is 211 g/mol. The molecular formula is C12H21NO2. The van der Waals surface area contributed by atoms with Crippen molar-refractivity contribution in [2.45, 2.75) is 45.3 Å². The van der Waals surface area contributed by atoms with Gasteiger partial charge in [0.15, 0.2) is 0 Å². The monoisotopic (exact) mass is 211 g/mol. The van der Waals surface area contributed by atoms with E-state index in [0.717, 1.165) is 25.9 Å². The van der Waals surface area contributed by atoms with E-state index in [2.05, 4.69) is 13.8 Å². The summed E-state index contributed by atoms with van der Waals surface area (Å²) < 4.78 is 5.60. The van der Waals surface area contributed by atoms with Gasteiger partial charge in [-0.05, 0) is 31.1 Å². The van der Waals surface area contributed by atoms with Crippen LogP contribution in [0.4, 0.5) is 0 Å². The fraction of sp³-hybridized carbons (Fsp3) is 0.917. The molecule has 2 fully saturated rings. The van der Waals surface area contributed by atoms with Gasteiger partial charge in [-0.25, -0.2) is 0 Å². The number of nitrogens with zero attached hydrogens (tertiary/aromatic N) is 1. The lowest BCUT2D eigenvalue weighted by molar-refractivity contribution is -0.162. The number of hydrogen-bond donors (Lipinski definition) is 0. The Morgan fingerprint density at radius 3 is 2.87 bits per heavy atom. The lowest BCUT2D eigenvalue weighted by Crippen LogP contribution is -2.56. The SMILES string of the molecule is CC(C)C1CC2CCCOC2C(=O)N1C. The van der Waals surface area contributed by atoms with Gasteiger partial charge in [-0.15, -0.1) is 0 Å². The Morgan fingerprint density at radius 1 is 1.47 bits per heavy atom. The fourth-order valence-electron chi connectivity index (χ4n) is 2.91. The minimum atomic E-state index is -0.140. The van der Waals surface area contributed by atoms with Gasteiger partial charge in [0.2, 0.25) is 0 Å². The number of carbonyl (C=O) groups excluding carboxylic acids is 1. The van der Waals surface area contributed by atoms with E-state index in [0.29, 0.717) is 17.9 Å². The summed E-state index contributed by atoms with van der Waals surface area (Å²) >= 11 is 0. The van der Waals surface area contributed by atoms with E-state index in [1.54, 1.807) is 0 Å². The number of amides is 1. The predicted octanol–water partition coefficient (Wildman–Crippen LogP) is 1.67. The first kappa shape index (κ1) is 10.9. The Morgan fingerprint density at radius 2 is 2.20 bits per heavy atom. The molecule has 1 amide bonds. The first-order valence-electron chi connectivity index (χ1n) is 5.99. The predicted molar refractivity (Wildman–Crippen MR) is 58.5 cm³/mol. The number of likely N-dealkylation sites (N-methyl/N-ethyl adjacent to an activating group) is 1. The largest absolute Gasteiger partial charge is 0.368 e. The maximum Gasteiger partial charge on any atom is 0.251 e. The van der Waals surface area contributed by atoms with Gasteiger partial charge < -0.3 is 9.64 Å². The molecule has 0 aromatic carbocycles. The van der Waals surface area contributed by atoms with Crippen LogP contribution < -0.4 is 0 Å². The highest BCUT2D eigenvalue weighted by Crippen LogP contribution is 2.34. The summed E-state index contributed by atoms with van der Waals surface area (Å²) in [6, 6.07) is 0.403. The minimum Gasteiger partial charge on any atom is -0.368 e. The average Bonchev–Trinajstić information content (AvgIpc) is 2.23. The normalized spacial score (nSPS) is 36.9. The quantitative estimate of drug-likeness (QED) is 0.660. The van der Waals surface area contributed by atoms with E-state index < -0.39 is 0 Å². The molecule has 3 unspecified atom stereocenters. The van der Waals surface area contributed by atoms with Crippen molar-refractivity contribution in [1.82, 2.24) is 4.90 Å². The molecule has 15 heavy (non-hydrogen) atoms. The second-order valence-corrected chi connectivity index (χ2v) is 5.19. The summed E-state index contributed by atoms with van der Waals surface area (Å²) in [7, 11) is 1.92. The zero-order valence-corrected chi connectivity index (χ0v) is 9.90. The zero-order valence-electron chi connectivity index (χ0n) is 9.90. The summed E-state index contributed by atoms with van der Waals surface area (Å²) in [6.07, 6.45) is 3.25. The van der Waals surface area contributed by atoms with E-state index >= 15 is 0 Å². The van der Waals surface area contributed by atoms with Crippen LogP contribution in [0.5, 0.6) is 0 Å². The lowest BCUT2D eigenvalue weighted by atomic mass is 9.80. The van der Waals surface area contributed by atoms with Crippen molar-refractivity contribution in [3.8, 4) is 0 Å². The van der Waals surface area contributed by atoms with E-state index in [-0.39, 0.29) is 12.0 Å². The molecule has 0 radical (unpaired) electrons. The number of hydrogen-bond acceptors (Lipinski definition) is 2. The molecule has 3 heteroatoms. The summed E-state index contributed by atoms with van der Waals surface area (Å²) in [5.74, 6) is 1.21. The van der Waals surface area contributed by atoms with Crippen LogP contribution in [-0.2, 0) is 9.53 Å². The van der Waals surface area contributed by atoms with Gasteiger partial charge in [0.25, 0.3) is 5.91 Å². The highest BCUT2D eigenvalue weighted by atomic mass is 16.5. The number of rotatable bonds is 1. The second kappa shape index (κ2) is 4.12. The van der Waals surface area contributed by atoms with Gasteiger partial charge in [-0.3, -0.25) is 4.79 Å². The fourth-order valence-corrected chi connectivity index (χ4v) is 2.91. The van der Waals surface area contributed by atoms with Crippen molar-refractivity contribution >= 4 is 5.91 Å². The molecule has 3 atom stereocenters. The maximum absolute atomic E-state index is 12.1. The van der Waals surface area contributed by atoms with Crippen molar-refractivity contribution in [3.05, 3.63) is 0 Å². The van der Waals surface area contributed by atoms with Gasteiger partial charge in [0, 0.05) is 19.7 Å². The van der Waals surface area contributed by atoms with Crippen molar-refractivity contribution in [2.75, 3.05) is 13.7 Å². The van der Waals surface area contributed by atoms with Crippen LogP contribution in [0.25, 0.3) is 0 Å². The van der Waals surface area contributed by atoms with Gasteiger partial charge in [-0.2, -0.15) is 0 Å². The van der Waals surface area contributed by atoms with Crippen LogP contribution in [0.2, 0.25) is 0 Å². The number of likely N-dealkylation sites (tertiary alicyclic amines) is 1. The van der Waals surface area contributed by atoms with Crippen molar-refractivity contribution < 1.29 is 9.53 Å². The number of fused-ring (bicyclic) bond motifs is 1. The Labute approximate surface area is 91.8 Å². The van der Waals surface area contributed by atoms with Crippen LogP contribution in [0.15, 0.2) is 0 Å². The molecule has 0 aromatic rings. The molecule has 2 aliphatic rings. The zero-order chi connectivity index (χ0) is 11.0. The third kappa shape index (κ3) is 1.89. The molecule has 3 nitrogen and oxygen atoms in total. The van der Waals surface area contributed by atoms with E-state index in [9.17, 15) is 4.79 Å². The van der Waals surface area contributed by atoms with Crippen LogP contribution in [0.3, 0.4) is 0 Å². The Balaban J connectivity index is 2.13. The molecule has 0 N–H and O–H groups in total. The van der Waals surface area contributed by atoms with Crippen LogP contribution in [-0.4, -0.2) is 36.6 Å². The lowest BCUT2D eigenvalue weighted by Gasteiger charge is -2.45. The molecule has 2 aliphatic heterocycles. The molecule has 2 saturated heterocycles. The van der Waals surface area contributed by atoms with Crippen molar-refractivity contribution in [3.63, 3.8) is 0 Å². The molecule has 2 heterocycles. The van der Waals surface area contributed by atoms with Crippen molar-refractivity contribution in [1.29, 1.82) is 0 Å². The van der Waals surface area contributed by atoms with Crippen LogP contribution in [0, 0.1) is 11.8 Å². The highest BCUT2D eigenvalue weighted by molar-refractivity contribution is 5.82.